The number of rotatable bonds is 7. The van der Waals surface area contributed by atoms with Gasteiger partial charge in [0.2, 0.25) is 11.8 Å². The summed E-state index contributed by atoms with van der Waals surface area (Å²) in [5, 5.41) is 6.83. The van der Waals surface area contributed by atoms with Gasteiger partial charge in [-0.2, -0.15) is 4.98 Å². The van der Waals surface area contributed by atoms with Gasteiger partial charge in [-0.3, -0.25) is 0 Å². The minimum Gasteiger partial charge on any atom is -0.384 e. The minimum atomic E-state index is -0.690. The maximum Gasteiger partial charge on any atom is 0.434 e. The molecule has 2 unspecified atom stereocenters. The van der Waals surface area contributed by atoms with E-state index in [1.54, 1.807) is 0 Å². The number of H-pyrrole nitrogens is 1. The molecule has 10 nitrogen and oxygen atoms in total. The zero-order valence-electron chi connectivity index (χ0n) is 22.9. The first-order valence-corrected chi connectivity index (χ1v) is 14.4. The standard InChI is InChI=1S/C30H32ClN7O3/c1-4-18-10-12-19(13-11-18)17-38-25-24(20-8-7-9-21(31)16-20)32-27(28-35-36-30(39)41-28)33-26(25)34-29(38)37-14-15-40-23(6-3)22(37)5-2/h2,4,7-9,16,18-19,22-23H,1,6,10-15,17H2,3H3,(H,36,39). The van der Waals surface area contributed by atoms with Gasteiger partial charge < -0.3 is 18.6 Å². The highest BCUT2D eigenvalue weighted by atomic mass is 35.5. The van der Waals surface area contributed by atoms with Crippen LogP contribution >= 0.6 is 11.6 Å². The summed E-state index contributed by atoms with van der Waals surface area (Å²) in [6.45, 7) is 7.95. The van der Waals surface area contributed by atoms with Gasteiger partial charge in [0.25, 0.3) is 5.89 Å². The van der Waals surface area contributed by atoms with Crippen molar-refractivity contribution in [3.8, 4) is 35.3 Å². The molecule has 212 valence electrons. The third kappa shape index (κ3) is 5.27. The van der Waals surface area contributed by atoms with E-state index in [0.29, 0.717) is 41.4 Å². The molecule has 1 aliphatic heterocycles. The van der Waals surface area contributed by atoms with Gasteiger partial charge in [-0.15, -0.1) is 18.1 Å². The third-order valence-electron chi connectivity index (χ3n) is 8.16. The van der Waals surface area contributed by atoms with Gasteiger partial charge in [-0.1, -0.05) is 42.7 Å². The highest BCUT2D eigenvalue weighted by Gasteiger charge is 2.35. The molecular weight excluding hydrogens is 542 g/mol. The summed E-state index contributed by atoms with van der Waals surface area (Å²) in [6.07, 6.45) is 13.2. The second-order valence-corrected chi connectivity index (χ2v) is 11.1. The predicted octanol–water partition coefficient (Wildman–Crippen LogP) is 5.10. The van der Waals surface area contributed by atoms with Crippen molar-refractivity contribution < 1.29 is 9.15 Å². The average molecular weight is 574 g/mol. The van der Waals surface area contributed by atoms with Crippen LogP contribution in [0.3, 0.4) is 0 Å². The highest BCUT2D eigenvalue weighted by molar-refractivity contribution is 6.30. The van der Waals surface area contributed by atoms with E-state index in [2.05, 4.69) is 45.2 Å². The second kappa shape index (κ2) is 11.5. The molecule has 1 aliphatic carbocycles. The highest BCUT2D eigenvalue weighted by Crippen LogP contribution is 2.37. The number of imidazole rings is 1. The molecule has 41 heavy (non-hydrogen) atoms. The second-order valence-electron chi connectivity index (χ2n) is 10.7. The number of benzene rings is 1. The number of fused-ring (bicyclic) bond motifs is 1. The van der Waals surface area contributed by atoms with E-state index in [1.165, 1.54) is 0 Å². The molecule has 0 radical (unpaired) electrons. The zero-order valence-corrected chi connectivity index (χ0v) is 23.7. The summed E-state index contributed by atoms with van der Waals surface area (Å²) in [7, 11) is 0. The van der Waals surface area contributed by atoms with E-state index in [0.717, 1.165) is 55.7 Å². The van der Waals surface area contributed by atoms with Gasteiger partial charge in [0.1, 0.15) is 17.3 Å². The SMILES string of the molecule is C#CC1C(CC)OCCN1c1nc2nc(-c3n[nH]c(=O)o3)nc(-c3cccc(Cl)c3)c2n1CC1CCC(C=C)CC1. The molecule has 1 N–H and O–H groups in total. The lowest BCUT2D eigenvalue weighted by atomic mass is 9.82. The Hall–Kier alpha value is -3.94. The topological polar surface area (TPSA) is 115 Å². The molecule has 0 bridgehead atoms. The van der Waals surface area contributed by atoms with Crippen LogP contribution in [0.4, 0.5) is 5.95 Å². The molecule has 0 spiro atoms. The van der Waals surface area contributed by atoms with Crippen LogP contribution in [-0.2, 0) is 11.3 Å². The number of terminal acetylenes is 1. The minimum absolute atomic E-state index is 0.0158. The number of aromatic amines is 1. The molecule has 1 saturated carbocycles. The van der Waals surface area contributed by atoms with Crippen molar-refractivity contribution in [3.63, 3.8) is 0 Å². The predicted molar refractivity (Wildman–Crippen MR) is 158 cm³/mol. The fourth-order valence-electron chi connectivity index (χ4n) is 6.04. The Bertz CT molecular complexity index is 1660. The maximum absolute atomic E-state index is 11.8. The number of morpholine rings is 1. The Morgan fingerprint density at radius 2 is 2.07 bits per heavy atom. The van der Waals surface area contributed by atoms with Crippen LogP contribution in [0.2, 0.25) is 5.02 Å². The van der Waals surface area contributed by atoms with E-state index in [9.17, 15) is 4.79 Å². The van der Waals surface area contributed by atoms with Crippen LogP contribution in [0.15, 0.2) is 46.1 Å². The van der Waals surface area contributed by atoms with Gasteiger partial charge in [-0.05, 0) is 56.1 Å². The Labute approximate surface area is 242 Å². The fraction of sp³-hybridized carbons (Fsp3) is 0.433. The molecule has 0 amide bonds. The number of nitrogens with one attached hydrogen (secondary N) is 1. The zero-order chi connectivity index (χ0) is 28.5. The van der Waals surface area contributed by atoms with Crippen LogP contribution < -0.4 is 10.7 Å². The molecule has 2 aliphatic rings. The van der Waals surface area contributed by atoms with E-state index in [4.69, 9.17) is 42.1 Å². The molecule has 2 atom stereocenters. The Balaban J connectivity index is 1.57. The van der Waals surface area contributed by atoms with E-state index >= 15 is 0 Å². The fourth-order valence-corrected chi connectivity index (χ4v) is 6.23. The van der Waals surface area contributed by atoms with E-state index in [1.807, 2.05) is 24.3 Å². The van der Waals surface area contributed by atoms with E-state index in [-0.39, 0.29) is 23.9 Å². The van der Waals surface area contributed by atoms with Crippen molar-refractivity contribution in [3.05, 3.63) is 52.5 Å². The van der Waals surface area contributed by atoms with Crippen LogP contribution in [-0.4, -0.2) is 55.0 Å². The number of allylic oxidation sites excluding steroid dienone is 1. The lowest BCUT2D eigenvalue weighted by Crippen LogP contribution is -2.51. The van der Waals surface area contributed by atoms with Crippen LogP contribution in [0.25, 0.3) is 34.1 Å². The average Bonchev–Trinajstić information content (AvgIpc) is 3.60. The largest absolute Gasteiger partial charge is 0.434 e. The number of hydrogen-bond acceptors (Lipinski definition) is 8. The normalized spacial score (nSPS) is 23.0. The van der Waals surface area contributed by atoms with Gasteiger partial charge in [0.05, 0.1) is 12.7 Å². The summed E-state index contributed by atoms with van der Waals surface area (Å²) in [4.78, 5) is 28.6. The van der Waals surface area contributed by atoms with Crippen molar-refractivity contribution in [2.75, 3.05) is 18.1 Å². The number of nitrogens with zero attached hydrogens (tertiary/aromatic N) is 6. The molecule has 11 heteroatoms. The molecule has 4 heterocycles. The lowest BCUT2D eigenvalue weighted by Gasteiger charge is -2.39. The number of anilines is 1. The Kier molecular flexibility index (Phi) is 7.65. The van der Waals surface area contributed by atoms with Gasteiger partial charge in [-0.25, -0.2) is 19.9 Å². The first-order chi connectivity index (χ1) is 20.0. The van der Waals surface area contributed by atoms with Crippen LogP contribution in [0, 0.1) is 24.2 Å². The molecular formula is C30H32ClN7O3. The van der Waals surface area contributed by atoms with Crippen molar-refractivity contribution in [2.45, 2.75) is 57.7 Å². The summed E-state index contributed by atoms with van der Waals surface area (Å²) in [5.41, 5.74) is 2.63. The molecule has 4 aromatic rings. The van der Waals surface area contributed by atoms with Crippen molar-refractivity contribution >= 4 is 28.7 Å². The molecule has 1 saturated heterocycles. The first kappa shape index (κ1) is 27.2. The van der Waals surface area contributed by atoms with Gasteiger partial charge in [0, 0.05) is 23.7 Å². The number of aromatic nitrogens is 6. The summed E-state index contributed by atoms with van der Waals surface area (Å²) in [5.74, 6) is 4.12. The molecule has 6 rings (SSSR count). The monoisotopic (exact) mass is 573 g/mol. The van der Waals surface area contributed by atoms with Crippen LogP contribution in [0.5, 0.6) is 0 Å². The van der Waals surface area contributed by atoms with Crippen molar-refractivity contribution in [1.82, 2.24) is 29.7 Å². The Morgan fingerprint density at radius 3 is 2.76 bits per heavy atom. The van der Waals surface area contributed by atoms with E-state index < -0.39 is 5.76 Å². The Morgan fingerprint density at radius 1 is 1.24 bits per heavy atom. The maximum atomic E-state index is 11.8. The molecule has 2 fully saturated rings. The first-order valence-electron chi connectivity index (χ1n) is 14.1. The summed E-state index contributed by atoms with van der Waals surface area (Å²) < 4.78 is 13.5. The third-order valence-corrected chi connectivity index (χ3v) is 8.39. The number of ether oxygens (including phenoxy) is 1. The summed E-state index contributed by atoms with van der Waals surface area (Å²) in [6, 6.07) is 7.20. The van der Waals surface area contributed by atoms with Crippen molar-refractivity contribution in [2.24, 2.45) is 11.8 Å². The number of hydrogen-bond donors (Lipinski definition) is 1. The molecule has 1 aromatic carbocycles. The van der Waals surface area contributed by atoms with Crippen molar-refractivity contribution in [1.29, 1.82) is 0 Å². The smallest absolute Gasteiger partial charge is 0.384 e. The van der Waals surface area contributed by atoms with Gasteiger partial charge in [0.15, 0.2) is 5.65 Å². The van der Waals surface area contributed by atoms with Crippen LogP contribution in [0.1, 0.15) is 39.0 Å². The molecule has 3 aromatic heterocycles. The summed E-state index contributed by atoms with van der Waals surface area (Å²) >= 11 is 6.43. The quantitative estimate of drug-likeness (QED) is 0.240. The number of halogens is 1. The lowest BCUT2D eigenvalue weighted by molar-refractivity contribution is 0.0220. The van der Waals surface area contributed by atoms with Gasteiger partial charge >= 0.3 is 5.76 Å².